The van der Waals surface area contributed by atoms with Crippen LogP contribution in [0.1, 0.15) is 43.8 Å². The fraction of sp³-hybridized carbons (Fsp3) is 0.429. The maximum absolute atomic E-state index is 13.9. The van der Waals surface area contributed by atoms with Crippen LogP contribution in [0.25, 0.3) is 10.9 Å². The molecular weight excluding hydrogens is 534 g/mol. The predicted octanol–water partition coefficient (Wildman–Crippen LogP) is 6.34. The molecule has 1 fully saturated rings. The Labute approximate surface area is 230 Å². The van der Waals surface area contributed by atoms with E-state index in [9.17, 15) is 23.8 Å². The summed E-state index contributed by atoms with van der Waals surface area (Å²) in [4.78, 5) is 18.6. The van der Waals surface area contributed by atoms with Crippen molar-refractivity contribution in [1.29, 1.82) is 0 Å². The molecule has 1 aliphatic heterocycles. The van der Waals surface area contributed by atoms with Gasteiger partial charge in [-0.05, 0) is 74.5 Å². The second-order valence-electron chi connectivity index (χ2n) is 9.77. The number of thioether (sulfide) groups is 1. The van der Waals surface area contributed by atoms with Gasteiger partial charge in [0.15, 0.2) is 11.6 Å². The Hall–Kier alpha value is -2.46. The first-order chi connectivity index (χ1) is 18.2. The summed E-state index contributed by atoms with van der Waals surface area (Å²) in [5.74, 6) is -1.31. The van der Waals surface area contributed by atoms with Crippen molar-refractivity contribution in [3.63, 3.8) is 0 Å². The van der Waals surface area contributed by atoms with Gasteiger partial charge in [-0.2, -0.15) is 0 Å². The van der Waals surface area contributed by atoms with Crippen LogP contribution in [0.5, 0.6) is 5.75 Å². The summed E-state index contributed by atoms with van der Waals surface area (Å²) in [5.41, 5.74) is 0.812. The lowest BCUT2D eigenvalue weighted by Gasteiger charge is -2.41. The number of pyridine rings is 1. The van der Waals surface area contributed by atoms with E-state index in [1.54, 1.807) is 25.3 Å². The van der Waals surface area contributed by atoms with Gasteiger partial charge in [-0.25, -0.2) is 8.78 Å². The van der Waals surface area contributed by atoms with E-state index in [0.717, 1.165) is 6.07 Å². The lowest BCUT2D eigenvalue weighted by Crippen LogP contribution is -2.42. The Morgan fingerprint density at radius 1 is 1.26 bits per heavy atom. The topological polar surface area (TPSA) is 82.9 Å². The molecule has 0 spiro atoms. The standard InChI is InChI=1S/C28H31ClF2N2O4S/c1-37-18-5-6-22-19(15-18)26(20(29)17-32-22)23(34)7-8-28(16-25(35)36)9-11-33(12-10-28)13-14-38-24-4-2-3-21(30)27(24)31/h2-6,15,17,23,34H,7-14,16H2,1H3,(H,35,36). The molecule has 4 rings (SSSR count). The highest BCUT2D eigenvalue weighted by Crippen LogP contribution is 2.43. The quantitative estimate of drug-likeness (QED) is 0.263. The zero-order valence-corrected chi connectivity index (χ0v) is 22.7. The van der Waals surface area contributed by atoms with Crippen LogP contribution in [0.4, 0.5) is 8.78 Å². The lowest BCUT2D eigenvalue weighted by atomic mass is 9.71. The van der Waals surface area contributed by atoms with Gasteiger partial charge in [0.05, 0.1) is 30.2 Å². The van der Waals surface area contributed by atoms with Crippen molar-refractivity contribution in [2.24, 2.45) is 5.41 Å². The number of benzene rings is 2. The van der Waals surface area contributed by atoms with E-state index >= 15 is 0 Å². The molecule has 6 nitrogen and oxygen atoms in total. The van der Waals surface area contributed by atoms with E-state index in [-0.39, 0.29) is 11.3 Å². The van der Waals surface area contributed by atoms with Crippen LogP contribution in [-0.2, 0) is 4.79 Å². The number of carboxylic acids is 1. The smallest absolute Gasteiger partial charge is 0.303 e. The van der Waals surface area contributed by atoms with Crippen molar-refractivity contribution in [2.45, 2.75) is 43.1 Å². The van der Waals surface area contributed by atoms with E-state index < -0.39 is 29.1 Å². The number of carboxylic acid groups (broad SMARTS) is 1. The number of aliphatic carboxylic acids is 1. The van der Waals surface area contributed by atoms with Crippen LogP contribution < -0.4 is 4.74 Å². The lowest BCUT2D eigenvalue weighted by molar-refractivity contribution is -0.141. The van der Waals surface area contributed by atoms with Gasteiger partial charge in [0.2, 0.25) is 0 Å². The number of rotatable bonds is 11. The fourth-order valence-corrected chi connectivity index (χ4v) is 6.43. The number of hydrogen-bond donors (Lipinski definition) is 2. The minimum Gasteiger partial charge on any atom is -0.497 e. The maximum atomic E-state index is 13.9. The first-order valence-corrected chi connectivity index (χ1v) is 13.9. The van der Waals surface area contributed by atoms with Crippen LogP contribution in [0, 0.1) is 17.0 Å². The summed E-state index contributed by atoms with van der Waals surface area (Å²) >= 11 is 7.73. The minimum atomic E-state index is -0.888. The van der Waals surface area contributed by atoms with Crippen molar-refractivity contribution in [1.82, 2.24) is 9.88 Å². The summed E-state index contributed by atoms with van der Waals surface area (Å²) in [5, 5.41) is 21.9. The third kappa shape index (κ3) is 6.75. The van der Waals surface area contributed by atoms with Gasteiger partial charge in [0.1, 0.15) is 5.75 Å². The van der Waals surface area contributed by atoms with Gasteiger partial charge in [-0.1, -0.05) is 17.7 Å². The number of fused-ring (bicyclic) bond motifs is 1. The summed E-state index contributed by atoms with van der Waals surface area (Å²) in [6.07, 6.45) is 2.89. The van der Waals surface area contributed by atoms with Crippen molar-refractivity contribution in [3.8, 4) is 5.75 Å². The Morgan fingerprint density at radius 3 is 2.74 bits per heavy atom. The van der Waals surface area contributed by atoms with E-state index in [0.29, 0.717) is 78.3 Å². The average Bonchev–Trinajstić information content (AvgIpc) is 2.90. The highest BCUT2D eigenvalue weighted by molar-refractivity contribution is 7.99. The number of aliphatic hydroxyl groups is 1. The Morgan fingerprint density at radius 2 is 2.03 bits per heavy atom. The number of hydrogen-bond acceptors (Lipinski definition) is 6. The van der Waals surface area contributed by atoms with E-state index in [2.05, 4.69) is 9.88 Å². The van der Waals surface area contributed by atoms with Gasteiger partial charge in [0, 0.05) is 34.3 Å². The number of aliphatic hydroxyl groups excluding tert-OH is 1. The first-order valence-electron chi connectivity index (χ1n) is 12.5. The largest absolute Gasteiger partial charge is 0.497 e. The number of nitrogens with zero attached hydrogens (tertiary/aromatic N) is 2. The molecular formula is C28H31ClF2N2O4S. The molecule has 1 saturated heterocycles. The van der Waals surface area contributed by atoms with Crippen LogP contribution >= 0.6 is 23.4 Å². The van der Waals surface area contributed by atoms with Crippen LogP contribution in [-0.4, -0.2) is 58.6 Å². The molecule has 0 radical (unpaired) electrons. The molecule has 38 heavy (non-hydrogen) atoms. The fourth-order valence-electron chi connectivity index (χ4n) is 5.19. The molecule has 2 N–H and O–H groups in total. The molecule has 204 valence electrons. The van der Waals surface area contributed by atoms with Gasteiger partial charge in [0.25, 0.3) is 0 Å². The number of halogens is 3. The summed E-state index contributed by atoms with van der Waals surface area (Å²) < 4.78 is 32.7. The highest BCUT2D eigenvalue weighted by atomic mass is 35.5. The molecule has 1 aliphatic rings. The van der Waals surface area contributed by atoms with Crippen LogP contribution in [0.15, 0.2) is 47.5 Å². The average molecular weight is 565 g/mol. The van der Waals surface area contributed by atoms with E-state index in [4.69, 9.17) is 16.3 Å². The zero-order valence-electron chi connectivity index (χ0n) is 21.1. The Kier molecular flexibility index (Phi) is 9.46. The SMILES string of the molecule is COc1ccc2ncc(Cl)c(C(O)CCC3(CC(=O)O)CCN(CCSc4cccc(F)c4F)CC3)c2c1. The van der Waals surface area contributed by atoms with Crippen molar-refractivity contribution in [3.05, 3.63) is 64.8 Å². The summed E-state index contributed by atoms with van der Waals surface area (Å²) in [6.45, 7) is 2.09. The Bertz CT molecular complexity index is 1290. The van der Waals surface area contributed by atoms with Gasteiger partial charge >= 0.3 is 5.97 Å². The molecule has 0 amide bonds. The number of carbonyl (C=O) groups is 1. The molecule has 0 aliphatic carbocycles. The van der Waals surface area contributed by atoms with Crippen LogP contribution in [0.3, 0.4) is 0 Å². The normalized spacial score (nSPS) is 16.4. The highest BCUT2D eigenvalue weighted by Gasteiger charge is 2.37. The third-order valence-corrected chi connectivity index (χ3v) is 8.69. The monoisotopic (exact) mass is 564 g/mol. The molecule has 0 bridgehead atoms. The number of methoxy groups -OCH3 is 1. The Balaban J connectivity index is 1.39. The summed E-state index contributed by atoms with van der Waals surface area (Å²) in [6, 6.07) is 9.56. The van der Waals surface area contributed by atoms with Crippen molar-refractivity contribution < 1.29 is 28.5 Å². The van der Waals surface area contributed by atoms with Crippen LogP contribution in [0.2, 0.25) is 5.02 Å². The molecule has 3 aromatic rings. The second kappa shape index (κ2) is 12.6. The zero-order chi connectivity index (χ0) is 27.3. The minimum absolute atomic E-state index is 0.0233. The van der Waals surface area contributed by atoms with E-state index in [1.165, 1.54) is 24.0 Å². The third-order valence-electron chi connectivity index (χ3n) is 7.37. The number of likely N-dealkylation sites (tertiary alicyclic amines) is 1. The summed E-state index contributed by atoms with van der Waals surface area (Å²) in [7, 11) is 1.57. The molecule has 0 saturated carbocycles. The molecule has 1 unspecified atom stereocenters. The van der Waals surface area contributed by atoms with Crippen molar-refractivity contribution >= 4 is 40.2 Å². The maximum Gasteiger partial charge on any atom is 0.303 e. The molecule has 2 aromatic carbocycles. The molecule has 2 heterocycles. The predicted molar refractivity (Wildman–Crippen MR) is 145 cm³/mol. The molecule has 1 atom stereocenters. The number of ether oxygens (including phenoxy) is 1. The second-order valence-corrected chi connectivity index (χ2v) is 11.3. The van der Waals surface area contributed by atoms with Crippen molar-refractivity contribution in [2.75, 3.05) is 32.5 Å². The number of piperidine rings is 1. The number of aromatic nitrogens is 1. The molecule has 10 heteroatoms. The van der Waals surface area contributed by atoms with E-state index in [1.807, 2.05) is 6.07 Å². The molecule has 1 aromatic heterocycles. The van der Waals surface area contributed by atoms with Gasteiger partial charge in [-0.3, -0.25) is 9.78 Å². The van der Waals surface area contributed by atoms with Gasteiger partial charge < -0.3 is 19.8 Å². The first kappa shape index (κ1) is 28.5. The van der Waals surface area contributed by atoms with Gasteiger partial charge in [-0.15, -0.1) is 11.8 Å².